The molecule has 1 aliphatic rings. The van der Waals surface area contributed by atoms with Crippen LogP contribution < -0.4 is 5.32 Å². The van der Waals surface area contributed by atoms with Crippen molar-refractivity contribution in [2.75, 3.05) is 19.7 Å². The fourth-order valence-corrected chi connectivity index (χ4v) is 5.25. The van der Waals surface area contributed by atoms with Crippen LogP contribution in [0.3, 0.4) is 0 Å². The lowest BCUT2D eigenvalue weighted by atomic mass is 10.0. The number of ether oxygens (including phenoxy) is 1. The van der Waals surface area contributed by atoms with E-state index < -0.39 is 28.5 Å². The van der Waals surface area contributed by atoms with Crippen molar-refractivity contribution in [1.82, 2.24) is 9.62 Å². The maximum atomic E-state index is 12.8. The first-order valence-corrected chi connectivity index (χ1v) is 12.2. The van der Waals surface area contributed by atoms with Crippen LogP contribution in [0.1, 0.15) is 54.2 Å². The van der Waals surface area contributed by atoms with Crippen molar-refractivity contribution < 1.29 is 22.7 Å². The molecule has 1 N–H and O–H groups in total. The molecule has 172 valence electrons. The second-order valence-corrected chi connectivity index (χ2v) is 10.3. The molecule has 1 atom stereocenters. The number of sulfonamides is 1. The molecular formula is C24H30N2O5S. The molecule has 0 radical (unpaired) electrons. The van der Waals surface area contributed by atoms with Gasteiger partial charge in [-0.05, 0) is 68.0 Å². The third-order valence-electron chi connectivity index (χ3n) is 5.84. The Labute approximate surface area is 189 Å². The first-order valence-electron chi connectivity index (χ1n) is 10.8. The first kappa shape index (κ1) is 23.9. The van der Waals surface area contributed by atoms with Crippen LogP contribution in [-0.2, 0) is 19.6 Å². The van der Waals surface area contributed by atoms with Gasteiger partial charge in [-0.1, -0.05) is 31.2 Å². The molecule has 3 rings (SSSR count). The summed E-state index contributed by atoms with van der Waals surface area (Å²) in [7, 11) is -3.58. The molecule has 2 aromatic carbocycles. The second kappa shape index (κ2) is 10.3. The molecule has 1 unspecified atom stereocenters. The van der Waals surface area contributed by atoms with E-state index in [0.717, 1.165) is 24.0 Å². The number of hydrogen-bond acceptors (Lipinski definition) is 5. The molecule has 2 aromatic rings. The third-order valence-corrected chi connectivity index (χ3v) is 7.75. The molecule has 0 bridgehead atoms. The van der Waals surface area contributed by atoms with E-state index >= 15 is 0 Å². The summed E-state index contributed by atoms with van der Waals surface area (Å²) in [5, 5.41) is 2.81. The van der Waals surface area contributed by atoms with Crippen LogP contribution in [0, 0.1) is 12.8 Å². The third kappa shape index (κ3) is 5.75. The van der Waals surface area contributed by atoms with Crippen LogP contribution in [0.4, 0.5) is 0 Å². The minimum atomic E-state index is -3.58. The highest BCUT2D eigenvalue weighted by molar-refractivity contribution is 7.89. The maximum absolute atomic E-state index is 12.8. The van der Waals surface area contributed by atoms with E-state index in [4.69, 9.17) is 4.74 Å². The van der Waals surface area contributed by atoms with E-state index in [1.54, 1.807) is 0 Å². The molecule has 0 saturated carbocycles. The van der Waals surface area contributed by atoms with Crippen molar-refractivity contribution in [3.05, 3.63) is 65.2 Å². The van der Waals surface area contributed by atoms with Crippen LogP contribution in [0.25, 0.3) is 0 Å². The fraction of sp³-hybridized carbons (Fsp3) is 0.417. The summed E-state index contributed by atoms with van der Waals surface area (Å²) in [6, 6.07) is 13.2. The molecular weight excluding hydrogens is 428 g/mol. The van der Waals surface area contributed by atoms with Crippen LogP contribution in [0.15, 0.2) is 53.4 Å². The van der Waals surface area contributed by atoms with Gasteiger partial charge in [-0.15, -0.1) is 0 Å². The number of aryl methyl sites for hydroxylation is 1. The minimum absolute atomic E-state index is 0.147. The molecule has 32 heavy (non-hydrogen) atoms. The van der Waals surface area contributed by atoms with E-state index in [0.29, 0.717) is 19.0 Å². The zero-order valence-electron chi connectivity index (χ0n) is 18.7. The minimum Gasteiger partial charge on any atom is -0.452 e. The summed E-state index contributed by atoms with van der Waals surface area (Å²) in [5.41, 5.74) is 2.24. The van der Waals surface area contributed by atoms with E-state index in [2.05, 4.69) is 12.2 Å². The Kier molecular flexibility index (Phi) is 7.69. The topological polar surface area (TPSA) is 92.8 Å². The largest absolute Gasteiger partial charge is 0.452 e. The highest BCUT2D eigenvalue weighted by Crippen LogP contribution is 2.23. The van der Waals surface area contributed by atoms with Gasteiger partial charge >= 0.3 is 5.97 Å². The highest BCUT2D eigenvalue weighted by atomic mass is 32.2. The summed E-state index contributed by atoms with van der Waals surface area (Å²) in [6.07, 6.45) is 1.68. The average Bonchev–Trinajstić information content (AvgIpc) is 2.78. The number of rotatable bonds is 7. The van der Waals surface area contributed by atoms with Crippen molar-refractivity contribution in [3.63, 3.8) is 0 Å². The zero-order chi connectivity index (χ0) is 23.3. The number of nitrogens with one attached hydrogen (secondary N) is 1. The van der Waals surface area contributed by atoms with Gasteiger partial charge in [0.2, 0.25) is 10.0 Å². The summed E-state index contributed by atoms with van der Waals surface area (Å²) >= 11 is 0. The maximum Gasteiger partial charge on any atom is 0.338 e. The number of esters is 1. The summed E-state index contributed by atoms with van der Waals surface area (Å²) in [5.74, 6) is -0.567. The van der Waals surface area contributed by atoms with Gasteiger partial charge in [0, 0.05) is 13.1 Å². The number of carbonyl (C=O) groups excluding carboxylic acids is 2. The number of carbonyl (C=O) groups is 2. The van der Waals surface area contributed by atoms with Crippen molar-refractivity contribution in [3.8, 4) is 0 Å². The Hall–Kier alpha value is -2.71. The van der Waals surface area contributed by atoms with Gasteiger partial charge in [0.05, 0.1) is 16.5 Å². The summed E-state index contributed by atoms with van der Waals surface area (Å²) in [4.78, 5) is 24.6. The fourth-order valence-electron chi connectivity index (χ4n) is 3.79. The predicted molar refractivity (Wildman–Crippen MR) is 122 cm³/mol. The molecule has 1 saturated heterocycles. The average molecular weight is 459 g/mol. The lowest BCUT2D eigenvalue weighted by Gasteiger charge is -2.29. The number of hydrogen-bond donors (Lipinski definition) is 1. The SMILES string of the molecule is Cc1ccccc1C(C)NC(=O)COC(=O)c1ccc(S(=O)(=O)N2CCC(C)CC2)cc1. The van der Waals surface area contributed by atoms with Crippen LogP contribution in [-0.4, -0.2) is 44.3 Å². The smallest absolute Gasteiger partial charge is 0.338 e. The molecule has 0 aromatic heterocycles. The van der Waals surface area contributed by atoms with Crippen molar-refractivity contribution in [1.29, 1.82) is 0 Å². The van der Waals surface area contributed by atoms with Gasteiger partial charge < -0.3 is 10.1 Å². The quantitative estimate of drug-likeness (QED) is 0.642. The van der Waals surface area contributed by atoms with Gasteiger partial charge in [-0.2, -0.15) is 4.31 Å². The van der Waals surface area contributed by atoms with Crippen molar-refractivity contribution >= 4 is 21.9 Å². The van der Waals surface area contributed by atoms with Crippen LogP contribution in [0.2, 0.25) is 0 Å². The van der Waals surface area contributed by atoms with Gasteiger partial charge in [0.1, 0.15) is 0 Å². The van der Waals surface area contributed by atoms with Gasteiger partial charge in [-0.25, -0.2) is 13.2 Å². The number of piperidine rings is 1. The van der Waals surface area contributed by atoms with Crippen molar-refractivity contribution in [2.45, 2.75) is 44.6 Å². The van der Waals surface area contributed by atoms with E-state index in [1.807, 2.05) is 38.1 Å². The first-order chi connectivity index (χ1) is 15.2. The highest BCUT2D eigenvalue weighted by Gasteiger charge is 2.28. The predicted octanol–water partition coefficient (Wildman–Crippen LogP) is 3.45. The van der Waals surface area contributed by atoms with Gasteiger partial charge in [0.25, 0.3) is 5.91 Å². The Morgan fingerprint density at radius 2 is 1.72 bits per heavy atom. The summed E-state index contributed by atoms with van der Waals surface area (Å²) in [6.45, 7) is 6.54. The molecule has 7 nitrogen and oxygen atoms in total. The monoisotopic (exact) mass is 458 g/mol. The number of benzene rings is 2. The normalized spacial score (nSPS) is 16.3. The second-order valence-electron chi connectivity index (χ2n) is 8.33. The van der Waals surface area contributed by atoms with E-state index in [-0.39, 0.29) is 16.5 Å². The molecule has 1 heterocycles. The number of amides is 1. The molecule has 1 aliphatic heterocycles. The van der Waals surface area contributed by atoms with E-state index in [9.17, 15) is 18.0 Å². The zero-order valence-corrected chi connectivity index (χ0v) is 19.5. The van der Waals surface area contributed by atoms with Crippen LogP contribution in [0.5, 0.6) is 0 Å². The van der Waals surface area contributed by atoms with Crippen LogP contribution >= 0.6 is 0 Å². The number of nitrogens with zero attached hydrogens (tertiary/aromatic N) is 1. The van der Waals surface area contributed by atoms with Crippen molar-refractivity contribution in [2.24, 2.45) is 5.92 Å². The lowest BCUT2D eigenvalue weighted by Crippen LogP contribution is -2.37. The summed E-state index contributed by atoms with van der Waals surface area (Å²) < 4.78 is 32.2. The van der Waals surface area contributed by atoms with Gasteiger partial charge in [0.15, 0.2) is 6.61 Å². The molecule has 1 fully saturated rings. The Bertz CT molecular complexity index is 1060. The molecule has 8 heteroatoms. The standard InChI is InChI=1S/C24H30N2O5S/c1-17-12-14-26(15-13-17)32(29,30)21-10-8-20(9-11-21)24(28)31-16-23(27)25-19(3)22-7-5-4-6-18(22)2/h4-11,17,19H,12-16H2,1-3H3,(H,25,27). The Morgan fingerprint density at radius 1 is 1.09 bits per heavy atom. The Balaban J connectivity index is 1.54. The van der Waals surface area contributed by atoms with E-state index in [1.165, 1.54) is 28.6 Å². The molecule has 1 amide bonds. The van der Waals surface area contributed by atoms with Gasteiger partial charge in [-0.3, -0.25) is 4.79 Å². The Morgan fingerprint density at radius 3 is 2.34 bits per heavy atom. The lowest BCUT2D eigenvalue weighted by molar-refractivity contribution is -0.124. The molecule has 0 spiro atoms. The molecule has 0 aliphatic carbocycles.